The minimum absolute atomic E-state index is 0.110. The van der Waals surface area contributed by atoms with Gasteiger partial charge in [-0.25, -0.2) is 13.1 Å². The molecular weight excluding hydrogens is 326 g/mol. The van der Waals surface area contributed by atoms with Gasteiger partial charge in [0.25, 0.3) is 0 Å². The van der Waals surface area contributed by atoms with Gasteiger partial charge in [-0.15, -0.1) is 10.2 Å². The number of nitrogens with zero attached hydrogens (tertiary/aromatic N) is 3. The van der Waals surface area contributed by atoms with Crippen molar-refractivity contribution in [2.45, 2.75) is 57.8 Å². The fraction of sp³-hybridized carbons (Fsp3) is 0.562. The van der Waals surface area contributed by atoms with Crippen molar-refractivity contribution in [3.05, 3.63) is 34.6 Å². The quantitative estimate of drug-likeness (QED) is 0.776. The van der Waals surface area contributed by atoms with Crippen molar-refractivity contribution >= 4 is 10.0 Å². The number of hydrogen-bond donors (Lipinski definition) is 2. The van der Waals surface area contributed by atoms with Crippen molar-refractivity contribution in [2.24, 2.45) is 0 Å². The number of H-pyrrole nitrogens is 1. The molecule has 8 heteroatoms. The predicted octanol–water partition coefficient (Wildman–Crippen LogP) is 2.03. The molecule has 1 aromatic carbocycles. The maximum absolute atomic E-state index is 12.7. The molecule has 0 aliphatic heterocycles. The molecule has 0 bridgehead atoms. The van der Waals surface area contributed by atoms with Gasteiger partial charge >= 0.3 is 0 Å². The van der Waals surface area contributed by atoms with Crippen LogP contribution in [0, 0.1) is 13.8 Å². The predicted molar refractivity (Wildman–Crippen MR) is 92.3 cm³/mol. The van der Waals surface area contributed by atoms with E-state index in [-0.39, 0.29) is 5.41 Å². The van der Waals surface area contributed by atoms with Gasteiger partial charge in [-0.1, -0.05) is 32.1 Å². The van der Waals surface area contributed by atoms with Gasteiger partial charge in [0, 0.05) is 13.0 Å². The summed E-state index contributed by atoms with van der Waals surface area (Å²) in [4.78, 5) is 0.354. The van der Waals surface area contributed by atoms with Crippen LogP contribution in [0.5, 0.6) is 0 Å². The van der Waals surface area contributed by atoms with Crippen LogP contribution in [-0.4, -0.2) is 35.6 Å². The van der Waals surface area contributed by atoms with E-state index < -0.39 is 10.0 Å². The highest BCUT2D eigenvalue weighted by Crippen LogP contribution is 2.28. The highest BCUT2D eigenvalue weighted by atomic mass is 32.2. The largest absolute Gasteiger partial charge is 0.240 e. The molecular formula is C16H25N5O2S. The second-order valence-corrected chi connectivity index (χ2v) is 8.73. The molecule has 132 valence electrons. The zero-order chi connectivity index (χ0) is 18.0. The Morgan fingerprint density at radius 3 is 2.50 bits per heavy atom. The maximum atomic E-state index is 12.7. The van der Waals surface area contributed by atoms with Gasteiger partial charge in [0.15, 0.2) is 5.82 Å². The fourth-order valence-corrected chi connectivity index (χ4v) is 3.77. The topological polar surface area (TPSA) is 101 Å². The molecule has 0 unspecified atom stereocenters. The van der Waals surface area contributed by atoms with Gasteiger partial charge in [-0.05, 0) is 48.4 Å². The third-order valence-corrected chi connectivity index (χ3v) is 5.62. The Bertz CT molecular complexity index is 793. The highest BCUT2D eigenvalue weighted by Gasteiger charge is 2.22. The number of rotatable bonds is 6. The van der Waals surface area contributed by atoms with Gasteiger partial charge in [-0.2, -0.15) is 5.21 Å². The minimum Gasteiger partial charge on any atom is -0.211 e. The molecule has 2 aromatic rings. The summed E-state index contributed by atoms with van der Waals surface area (Å²) in [5.41, 5.74) is 2.67. The molecule has 0 aliphatic rings. The summed E-state index contributed by atoms with van der Waals surface area (Å²) < 4.78 is 28.0. The summed E-state index contributed by atoms with van der Waals surface area (Å²) in [6, 6.07) is 3.84. The van der Waals surface area contributed by atoms with Crippen LogP contribution in [0.2, 0.25) is 0 Å². The van der Waals surface area contributed by atoms with E-state index in [2.05, 4.69) is 52.2 Å². The first kappa shape index (κ1) is 18.5. The Morgan fingerprint density at radius 2 is 1.92 bits per heavy atom. The van der Waals surface area contributed by atoms with E-state index in [1.807, 2.05) is 13.8 Å². The number of hydrogen-bond acceptors (Lipinski definition) is 5. The number of sulfonamides is 1. The van der Waals surface area contributed by atoms with Gasteiger partial charge in [-0.3, -0.25) is 0 Å². The SMILES string of the molecule is Cc1cc(C(C)(C)C)cc(S(=O)(=O)NCCCc2nn[nH]n2)c1C. The monoisotopic (exact) mass is 351 g/mol. The number of aromatic amines is 1. The molecule has 0 atom stereocenters. The van der Waals surface area contributed by atoms with E-state index in [1.54, 1.807) is 6.07 Å². The lowest BCUT2D eigenvalue weighted by Crippen LogP contribution is -2.27. The minimum atomic E-state index is -3.55. The van der Waals surface area contributed by atoms with Crippen LogP contribution in [-0.2, 0) is 21.9 Å². The van der Waals surface area contributed by atoms with Gasteiger partial charge in [0.1, 0.15) is 0 Å². The average Bonchev–Trinajstić information content (AvgIpc) is 2.98. The third-order valence-electron chi connectivity index (χ3n) is 4.03. The van der Waals surface area contributed by atoms with Gasteiger partial charge in [0.2, 0.25) is 10.0 Å². The van der Waals surface area contributed by atoms with Crippen molar-refractivity contribution in [1.82, 2.24) is 25.3 Å². The van der Waals surface area contributed by atoms with E-state index in [9.17, 15) is 8.42 Å². The normalized spacial score (nSPS) is 12.5. The van der Waals surface area contributed by atoms with Crippen LogP contribution in [0.4, 0.5) is 0 Å². The van der Waals surface area contributed by atoms with Crippen LogP contribution in [0.3, 0.4) is 0 Å². The van der Waals surface area contributed by atoms with Crippen LogP contribution in [0.25, 0.3) is 0 Å². The second kappa shape index (κ2) is 6.98. The average molecular weight is 351 g/mol. The summed E-state index contributed by atoms with van der Waals surface area (Å²) in [6.07, 6.45) is 1.18. The Labute approximate surface area is 143 Å². The second-order valence-electron chi connectivity index (χ2n) is 7.00. The van der Waals surface area contributed by atoms with E-state index in [0.717, 1.165) is 16.7 Å². The molecule has 7 nitrogen and oxygen atoms in total. The number of tetrazole rings is 1. The first-order chi connectivity index (χ1) is 11.1. The number of aryl methyl sites for hydroxylation is 2. The van der Waals surface area contributed by atoms with E-state index in [4.69, 9.17) is 0 Å². The maximum Gasteiger partial charge on any atom is 0.240 e. The lowest BCUT2D eigenvalue weighted by Gasteiger charge is -2.22. The summed E-state index contributed by atoms with van der Waals surface area (Å²) >= 11 is 0. The molecule has 0 spiro atoms. The molecule has 0 amide bonds. The molecule has 0 fully saturated rings. The highest BCUT2D eigenvalue weighted by molar-refractivity contribution is 7.89. The summed E-state index contributed by atoms with van der Waals surface area (Å²) in [6.45, 7) is 10.3. The summed E-state index contributed by atoms with van der Waals surface area (Å²) in [5, 5.41) is 13.6. The zero-order valence-electron chi connectivity index (χ0n) is 14.8. The number of nitrogens with one attached hydrogen (secondary N) is 2. The van der Waals surface area contributed by atoms with Crippen molar-refractivity contribution in [3.8, 4) is 0 Å². The lowest BCUT2D eigenvalue weighted by atomic mass is 9.85. The van der Waals surface area contributed by atoms with E-state index >= 15 is 0 Å². The Morgan fingerprint density at radius 1 is 1.21 bits per heavy atom. The Balaban J connectivity index is 2.14. The van der Waals surface area contributed by atoms with Crippen LogP contribution >= 0.6 is 0 Å². The van der Waals surface area contributed by atoms with E-state index in [1.165, 1.54) is 0 Å². The smallest absolute Gasteiger partial charge is 0.211 e. The molecule has 0 saturated heterocycles. The van der Waals surface area contributed by atoms with Crippen molar-refractivity contribution in [2.75, 3.05) is 6.54 Å². The van der Waals surface area contributed by atoms with Gasteiger partial charge < -0.3 is 0 Å². The van der Waals surface area contributed by atoms with E-state index in [0.29, 0.717) is 30.1 Å². The summed E-state index contributed by atoms with van der Waals surface area (Å²) in [7, 11) is -3.55. The molecule has 0 radical (unpaired) electrons. The molecule has 1 heterocycles. The Hall–Kier alpha value is -1.80. The lowest BCUT2D eigenvalue weighted by molar-refractivity contribution is 0.572. The molecule has 24 heavy (non-hydrogen) atoms. The third kappa shape index (κ3) is 4.39. The number of aromatic nitrogens is 4. The van der Waals surface area contributed by atoms with Crippen LogP contribution in [0.15, 0.2) is 17.0 Å². The first-order valence-electron chi connectivity index (χ1n) is 7.95. The Kier molecular flexibility index (Phi) is 5.39. The molecule has 0 aliphatic carbocycles. The van der Waals surface area contributed by atoms with Crippen molar-refractivity contribution in [3.63, 3.8) is 0 Å². The van der Waals surface area contributed by atoms with Crippen molar-refractivity contribution < 1.29 is 8.42 Å². The van der Waals surface area contributed by atoms with Gasteiger partial charge in [0.05, 0.1) is 4.90 Å². The first-order valence-corrected chi connectivity index (χ1v) is 9.43. The summed E-state index contributed by atoms with van der Waals surface area (Å²) in [5.74, 6) is 0.580. The molecule has 2 rings (SSSR count). The van der Waals surface area contributed by atoms with Crippen molar-refractivity contribution in [1.29, 1.82) is 0 Å². The zero-order valence-corrected chi connectivity index (χ0v) is 15.7. The molecule has 1 aromatic heterocycles. The standard InChI is InChI=1S/C16H25N5O2S/c1-11-9-13(16(3,4)5)10-14(12(11)2)24(22,23)17-8-6-7-15-18-20-21-19-15/h9-10,17H,6-8H2,1-5H3,(H,18,19,20,21). The fourth-order valence-electron chi connectivity index (χ4n) is 2.36. The van der Waals surface area contributed by atoms with Crippen LogP contribution in [0.1, 0.15) is 49.7 Å². The molecule has 2 N–H and O–H groups in total. The number of benzene rings is 1. The molecule has 0 saturated carbocycles. The van der Waals surface area contributed by atoms with Crippen LogP contribution < -0.4 is 4.72 Å².